The number of ether oxygens (including phenoxy) is 1. The van der Waals surface area contributed by atoms with Crippen molar-refractivity contribution in [1.29, 1.82) is 0 Å². The van der Waals surface area contributed by atoms with Crippen LogP contribution in [0.5, 0.6) is 0 Å². The summed E-state index contributed by atoms with van der Waals surface area (Å²) in [4.78, 5) is 10.6. The minimum Gasteiger partial charge on any atom is -0.481 e. The van der Waals surface area contributed by atoms with Gasteiger partial charge < -0.3 is 15.6 Å². The molecule has 0 fully saturated rings. The van der Waals surface area contributed by atoms with Crippen LogP contribution in [0.1, 0.15) is 19.8 Å². The van der Waals surface area contributed by atoms with Crippen molar-refractivity contribution in [2.45, 2.75) is 19.8 Å². The fourth-order valence-corrected chi connectivity index (χ4v) is 0.902. The molecule has 0 spiro atoms. The first-order valence-electron chi connectivity index (χ1n) is 4.23. The van der Waals surface area contributed by atoms with Gasteiger partial charge >= 0.3 is 5.97 Å². The van der Waals surface area contributed by atoms with E-state index in [0.717, 1.165) is 6.42 Å². The van der Waals surface area contributed by atoms with Gasteiger partial charge in [0.2, 0.25) is 0 Å². The van der Waals surface area contributed by atoms with Crippen LogP contribution in [0.15, 0.2) is 0 Å². The molecule has 0 saturated heterocycles. The molecule has 0 aliphatic rings. The average Bonchev–Trinajstić information content (AvgIpc) is 2.04. The van der Waals surface area contributed by atoms with E-state index in [9.17, 15) is 4.79 Å². The second kappa shape index (κ2) is 7.06. The van der Waals surface area contributed by atoms with Crippen LogP contribution in [0.3, 0.4) is 0 Å². The third kappa shape index (κ3) is 5.09. The van der Waals surface area contributed by atoms with Crippen LogP contribution in [0.25, 0.3) is 0 Å². The molecular formula is C8H17NO3. The Hall–Kier alpha value is -0.610. The lowest BCUT2D eigenvalue weighted by molar-refractivity contribution is -0.144. The number of rotatable bonds is 7. The summed E-state index contributed by atoms with van der Waals surface area (Å²) in [7, 11) is 0. The molecule has 0 saturated carbocycles. The summed E-state index contributed by atoms with van der Waals surface area (Å²) in [5.41, 5.74) is 5.27. The Morgan fingerprint density at radius 3 is 2.75 bits per heavy atom. The highest BCUT2D eigenvalue weighted by atomic mass is 16.5. The van der Waals surface area contributed by atoms with Crippen LogP contribution >= 0.6 is 0 Å². The molecule has 1 unspecified atom stereocenters. The van der Waals surface area contributed by atoms with Gasteiger partial charge in [0.05, 0.1) is 12.5 Å². The Morgan fingerprint density at radius 1 is 1.67 bits per heavy atom. The first kappa shape index (κ1) is 11.4. The van der Waals surface area contributed by atoms with Crippen LogP contribution in [0, 0.1) is 5.92 Å². The van der Waals surface area contributed by atoms with Gasteiger partial charge in [-0.1, -0.05) is 0 Å². The molecule has 72 valence electrons. The smallest absolute Gasteiger partial charge is 0.308 e. The summed E-state index contributed by atoms with van der Waals surface area (Å²) in [5.74, 6) is -1.19. The summed E-state index contributed by atoms with van der Waals surface area (Å²) >= 11 is 0. The lowest BCUT2D eigenvalue weighted by atomic mass is 10.1. The van der Waals surface area contributed by atoms with E-state index >= 15 is 0 Å². The summed E-state index contributed by atoms with van der Waals surface area (Å²) < 4.78 is 5.03. The first-order valence-corrected chi connectivity index (χ1v) is 4.23. The predicted molar refractivity (Wildman–Crippen MR) is 45.9 cm³/mol. The highest BCUT2D eigenvalue weighted by molar-refractivity contribution is 5.70. The third-order valence-electron chi connectivity index (χ3n) is 1.63. The van der Waals surface area contributed by atoms with Crippen LogP contribution in [-0.2, 0) is 9.53 Å². The normalized spacial score (nSPS) is 12.8. The zero-order valence-electron chi connectivity index (χ0n) is 7.45. The van der Waals surface area contributed by atoms with Crippen molar-refractivity contribution in [3.63, 3.8) is 0 Å². The van der Waals surface area contributed by atoms with Gasteiger partial charge in [0, 0.05) is 6.61 Å². The third-order valence-corrected chi connectivity index (χ3v) is 1.63. The Balaban J connectivity index is 3.62. The lowest BCUT2D eigenvalue weighted by Crippen LogP contribution is -2.20. The molecule has 0 amide bonds. The van der Waals surface area contributed by atoms with E-state index in [1.165, 1.54) is 0 Å². The molecule has 1 atom stereocenters. The zero-order valence-corrected chi connectivity index (χ0v) is 7.45. The van der Waals surface area contributed by atoms with E-state index in [2.05, 4.69) is 0 Å². The highest BCUT2D eigenvalue weighted by Crippen LogP contribution is 2.06. The molecule has 4 heteroatoms. The van der Waals surface area contributed by atoms with Crippen molar-refractivity contribution < 1.29 is 14.6 Å². The molecule has 0 aromatic heterocycles. The van der Waals surface area contributed by atoms with Crippen LogP contribution in [0.4, 0.5) is 0 Å². The fourth-order valence-electron chi connectivity index (χ4n) is 0.902. The minimum atomic E-state index is -0.795. The number of aliphatic carboxylic acids is 1. The Morgan fingerprint density at radius 2 is 2.33 bits per heavy atom. The number of hydrogen-bond donors (Lipinski definition) is 2. The van der Waals surface area contributed by atoms with Gasteiger partial charge in [-0.25, -0.2) is 0 Å². The summed E-state index contributed by atoms with van der Waals surface area (Å²) in [6.07, 6.45) is 1.34. The van der Waals surface area contributed by atoms with Gasteiger partial charge in [-0.05, 0) is 26.3 Å². The van der Waals surface area contributed by atoms with Gasteiger partial charge in [-0.2, -0.15) is 0 Å². The minimum absolute atomic E-state index is 0.297. The van der Waals surface area contributed by atoms with E-state index in [0.29, 0.717) is 26.2 Å². The Bertz CT molecular complexity index is 119. The van der Waals surface area contributed by atoms with Gasteiger partial charge in [-0.3, -0.25) is 4.79 Å². The van der Waals surface area contributed by atoms with Gasteiger partial charge in [0.1, 0.15) is 0 Å². The number of carboxylic acid groups (broad SMARTS) is 1. The predicted octanol–water partition coefficient (Wildman–Crippen LogP) is 0.463. The fraction of sp³-hybridized carbons (Fsp3) is 0.875. The number of hydrogen-bond acceptors (Lipinski definition) is 3. The van der Waals surface area contributed by atoms with E-state index in [1.54, 1.807) is 0 Å². The molecule has 0 bridgehead atoms. The molecule has 0 heterocycles. The topological polar surface area (TPSA) is 72.5 Å². The van der Waals surface area contributed by atoms with Crippen molar-refractivity contribution >= 4 is 5.97 Å². The van der Waals surface area contributed by atoms with Crippen molar-refractivity contribution in [2.75, 3.05) is 19.8 Å². The van der Waals surface area contributed by atoms with E-state index in [1.807, 2.05) is 6.92 Å². The maximum absolute atomic E-state index is 10.6. The lowest BCUT2D eigenvalue weighted by Gasteiger charge is -2.10. The SMILES string of the molecule is CCOCC(CCCN)C(=O)O. The number of carbonyl (C=O) groups is 1. The molecule has 0 aliphatic heterocycles. The second-order valence-corrected chi connectivity index (χ2v) is 2.63. The molecular weight excluding hydrogens is 158 g/mol. The maximum atomic E-state index is 10.6. The Labute approximate surface area is 72.7 Å². The molecule has 12 heavy (non-hydrogen) atoms. The van der Waals surface area contributed by atoms with Crippen LogP contribution in [-0.4, -0.2) is 30.8 Å². The van der Waals surface area contributed by atoms with E-state index in [4.69, 9.17) is 15.6 Å². The summed E-state index contributed by atoms with van der Waals surface area (Å²) in [6.45, 7) is 3.25. The summed E-state index contributed by atoms with van der Waals surface area (Å²) in [6, 6.07) is 0. The molecule has 3 N–H and O–H groups in total. The van der Waals surface area contributed by atoms with Crippen LogP contribution in [0.2, 0.25) is 0 Å². The molecule has 4 nitrogen and oxygen atoms in total. The highest BCUT2D eigenvalue weighted by Gasteiger charge is 2.16. The van der Waals surface area contributed by atoms with Gasteiger partial charge in [0.25, 0.3) is 0 Å². The maximum Gasteiger partial charge on any atom is 0.308 e. The van der Waals surface area contributed by atoms with E-state index in [-0.39, 0.29) is 0 Å². The largest absolute Gasteiger partial charge is 0.481 e. The molecule has 0 aromatic carbocycles. The monoisotopic (exact) mass is 175 g/mol. The summed E-state index contributed by atoms with van der Waals surface area (Å²) in [5, 5.41) is 8.71. The number of nitrogens with two attached hydrogens (primary N) is 1. The standard InChI is InChI=1S/C8H17NO3/c1-2-12-6-7(8(10)11)4-3-5-9/h7H,2-6,9H2,1H3,(H,10,11). The molecule has 0 aromatic rings. The van der Waals surface area contributed by atoms with Gasteiger partial charge in [0.15, 0.2) is 0 Å². The van der Waals surface area contributed by atoms with Gasteiger partial charge in [-0.15, -0.1) is 0 Å². The van der Waals surface area contributed by atoms with Crippen molar-refractivity contribution in [2.24, 2.45) is 11.7 Å². The molecule has 0 radical (unpaired) electrons. The van der Waals surface area contributed by atoms with Crippen LogP contribution < -0.4 is 5.73 Å². The first-order chi connectivity index (χ1) is 5.72. The van der Waals surface area contributed by atoms with Crippen molar-refractivity contribution in [3.8, 4) is 0 Å². The zero-order chi connectivity index (χ0) is 9.40. The molecule has 0 rings (SSSR count). The Kier molecular flexibility index (Phi) is 6.70. The second-order valence-electron chi connectivity index (χ2n) is 2.63. The molecule has 0 aliphatic carbocycles. The van der Waals surface area contributed by atoms with Crippen molar-refractivity contribution in [3.05, 3.63) is 0 Å². The van der Waals surface area contributed by atoms with Crippen molar-refractivity contribution in [1.82, 2.24) is 0 Å². The average molecular weight is 175 g/mol. The quantitative estimate of drug-likeness (QED) is 0.589. The number of carboxylic acids is 1. The van der Waals surface area contributed by atoms with E-state index < -0.39 is 11.9 Å².